The Balaban J connectivity index is 1.73. The van der Waals surface area contributed by atoms with Gasteiger partial charge in [0, 0.05) is 10.3 Å². The Labute approximate surface area is 196 Å². The Morgan fingerprint density at radius 2 is 1.84 bits per heavy atom. The number of carbonyl (C=O) groups excluding carboxylic acids is 1. The first kappa shape index (κ1) is 23.4. The SMILES string of the molecule is O=C(Cc1ccccc1Cl)N=C1S[C@@H]2CS(=O)(=O)C[C@H]2N1c1cc(C(F)(F)F)ccc1Cl. The van der Waals surface area contributed by atoms with E-state index in [1.165, 1.54) is 4.90 Å². The monoisotopic (exact) mass is 522 g/mol. The van der Waals surface area contributed by atoms with Crippen LogP contribution in [0.4, 0.5) is 18.9 Å². The molecule has 0 spiro atoms. The zero-order valence-corrected chi connectivity index (χ0v) is 19.3. The molecule has 0 saturated carbocycles. The topological polar surface area (TPSA) is 66.8 Å². The van der Waals surface area contributed by atoms with E-state index in [1.807, 2.05) is 0 Å². The maximum atomic E-state index is 13.3. The molecule has 0 N–H and O–H groups in total. The van der Waals surface area contributed by atoms with E-state index in [1.54, 1.807) is 24.3 Å². The van der Waals surface area contributed by atoms with Crippen LogP contribution in [0.2, 0.25) is 10.0 Å². The van der Waals surface area contributed by atoms with Crippen LogP contribution >= 0.6 is 35.0 Å². The number of amides is 1. The molecule has 12 heteroatoms. The van der Waals surface area contributed by atoms with Crippen LogP contribution in [0.15, 0.2) is 47.5 Å². The van der Waals surface area contributed by atoms with Crippen molar-refractivity contribution in [1.82, 2.24) is 0 Å². The minimum atomic E-state index is -4.62. The number of hydrogen-bond donors (Lipinski definition) is 0. The number of fused-ring (bicyclic) bond motifs is 1. The number of alkyl halides is 3. The summed E-state index contributed by atoms with van der Waals surface area (Å²) >= 11 is 13.4. The molecule has 4 rings (SSSR count). The molecule has 2 aromatic carbocycles. The van der Waals surface area contributed by atoms with E-state index in [2.05, 4.69) is 4.99 Å². The zero-order chi connectivity index (χ0) is 23.3. The molecule has 0 aromatic heterocycles. The van der Waals surface area contributed by atoms with Crippen molar-refractivity contribution in [2.24, 2.45) is 4.99 Å². The lowest BCUT2D eigenvalue weighted by Gasteiger charge is -2.26. The van der Waals surface area contributed by atoms with Gasteiger partial charge in [0.15, 0.2) is 15.0 Å². The van der Waals surface area contributed by atoms with Gasteiger partial charge in [0.25, 0.3) is 5.91 Å². The summed E-state index contributed by atoms with van der Waals surface area (Å²) in [5.74, 6) is -0.987. The van der Waals surface area contributed by atoms with Crippen molar-refractivity contribution in [1.29, 1.82) is 0 Å². The Morgan fingerprint density at radius 3 is 2.53 bits per heavy atom. The fourth-order valence-corrected chi connectivity index (χ4v) is 8.01. The van der Waals surface area contributed by atoms with Crippen molar-refractivity contribution in [3.05, 3.63) is 63.6 Å². The Morgan fingerprint density at radius 1 is 1.12 bits per heavy atom. The highest BCUT2D eigenvalue weighted by atomic mass is 35.5. The van der Waals surface area contributed by atoms with E-state index < -0.39 is 38.8 Å². The minimum absolute atomic E-state index is 0.00481. The van der Waals surface area contributed by atoms with Gasteiger partial charge in [-0.3, -0.25) is 4.79 Å². The number of thioether (sulfide) groups is 1. The molecule has 0 radical (unpaired) electrons. The zero-order valence-electron chi connectivity index (χ0n) is 16.1. The van der Waals surface area contributed by atoms with Crippen LogP contribution in [0.1, 0.15) is 11.1 Å². The molecule has 2 atom stereocenters. The van der Waals surface area contributed by atoms with Crippen LogP contribution in [0.25, 0.3) is 0 Å². The predicted octanol–water partition coefficient (Wildman–Crippen LogP) is 4.86. The number of rotatable bonds is 3. The average Bonchev–Trinajstić information content (AvgIpc) is 3.14. The average molecular weight is 523 g/mol. The number of halogens is 5. The number of sulfone groups is 1. The highest BCUT2D eigenvalue weighted by Gasteiger charge is 2.50. The molecule has 170 valence electrons. The summed E-state index contributed by atoms with van der Waals surface area (Å²) in [6.07, 6.45) is -4.73. The third-order valence-corrected chi connectivity index (χ3v) is 9.02. The lowest BCUT2D eigenvalue weighted by molar-refractivity contribution is -0.137. The second kappa shape index (κ2) is 8.55. The maximum Gasteiger partial charge on any atom is 0.416 e. The number of nitrogens with zero attached hydrogens (tertiary/aromatic N) is 2. The van der Waals surface area contributed by atoms with Crippen molar-refractivity contribution in [3.63, 3.8) is 0 Å². The molecular weight excluding hydrogens is 508 g/mol. The molecule has 2 aliphatic rings. The molecule has 0 aliphatic carbocycles. The van der Waals surface area contributed by atoms with Gasteiger partial charge in [0.1, 0.15) is 0 Å². The van der Waals surface area contributed by atoms with Gasteiger partial charge < -0.3 is 4.90 Å². The summed E-state index contributed by atoms with van der Waals surface area (Å²) in [4.78, 5) is 18.1. The molecule has 2 aliphatic heterocycles. The number of benzene rings is 2. The molecular formula is C20H15Cl2F3N2O3S2. The first-order valence-corrected chi connectivity index (χ1v) is 12.8. The van der Waals surface area contributed by atoms with Gasteiger partial charge in [-0.1, -0.05) is 53.2 Å². The van der Waals surface area contributed by atoms with Crippen molar-refractivity contribution in [2.75, 3.05) is 16.4 Å². The highest BCUT2D eigenvalue weighted by Crippen LogP contribution is 2.44. The van der Waals surface area contributed by atoms with Crippen LogP contribution in [0, 0.1) is 0 Å². The van der Waals surface area contributed by atoms with Crippen LogP contribution in [-0.4, -0.2) is 42.3 Å². The second-order valence-electron chi connectivity index (χ2n) is 7.39. The molecule has 0 bridgehead atoms. The largest absolute Gasteiger partial charge is 0.416 e. The van der Waals surface area contributed by atoms with Gasteiger partial charge in [-0.05, 0) is 29.8 Å². The molecule has 2 heterocycles. The lowest BCUT2D eigenvalue weighted by Crippen LogP contribution is -2.38. The Bertz CT molecular complexity index is 1220. The van der Waals surface area contributed by atoms with Crippen LogP contribution in [0.5, 0.6) is 0 Å². The van der Waals surface area contributed by atoms with Gasteiger partial charge in [0.05, 0.1) is 40.2 Å². The smallest absolute Gasteiger partial charge is 0.314 e. The molecule has 2 aromatic rings. The van der Waals surface area contributed by atoms with Gasteiger partial charge >= 0.3 is 6.18 Å². The Kier molecular flexibility index (Phi) is 6.26. The number of aliphatic imine (C=N–C) groups is 1. The summed E-state index contributed by atoms with van der Waals surface area (Å²) in [5, 5.41) is 0.0290. The van der Waals surface area contributed by atoms with Crippen molar-refractivity contribution in [3.8, 4) is 0 Å². The molecule has 2 fully saturated rings. The van der Waals surface area contributed by atoms with E-state index >= 15 is 0 Å². The predicted molar refractivity (Wildman–Crippen MR) is 120 cm³/mol. The van der Waals surface area contributed by atoms with Crippen molar-refractivity contribution >= 4 is 61.6 Å². The van der Waals surface area contributed by atoms with E-state index in [0.717, 1.165) is 30.0 Å². The third-order valence-electron chi connectivity index (χ3n) is 5.12. The number of anilines is 1. The van der Waals surface area contributed by atoms with Crippen molar-refractivity contribution < 1.29 is 26.4 Å². The number of carbonyl (C=O) groups is 1. The first-order valence-electron chi connectivity index (χ1n) is 9.32. The fraction of sp³-hybridized carbons (Fsp3) is 0.300. The summed E-state index contributed by atoms with van der Waals surface area (Å²) in [5.41, 5.74) is -0.422. The first-order chi connectivity index (χ1) is 14.9. The summed E-state index contributed by atoms with van der Waals surface area (Å²) in [7, 11) is -3.39. The number of amidine groups is 1. The number of hydrogen-bond acceptors (Lipinski definition) is 4. The highest BCUT2D eigenvalue weighted by molar-refractivity contribution is 8.16. The molecule has 2 saturated heterocycles. The summed E-state index contributed by atoms with van der Waals surface area (Å²) in [6, 6.07) is 8.85. The van der Waals surface area contributed by atoms with Gasteiger partial charge in [-0.15, -0.1) is 0 Å². The van der Waals surface area contributed by atoms with Crippen LogP contribution < -0.4 is 4.90 Å². The van der Waals surface area contributed by atoms with Crippen LogP contribution in [0.3, 0.4) is 0 Å². The van der Waals surface area contributed by atoms with Gasteiger partial charge in [0.2, 0.25) is 0 Å². The van der Waals surface area contributed by atoms with E-state index in [0.29, 0.717) is 10.6 Å². The molecule has 1 amide bonds. The second-order valence-corrected chi connectivity index (χ2v) is 11.6. The molecule has 5 nitrogen and oxygen atoms in total. The molecule has 0 unspecified atom stereocenters. The minimum Gasteiger partial charge on any atom is -0.314 e. The van der Waals surface area contributed by atoms with E-state index in [-0.39, 0.29) is 33.8 Å². The maximum absolute atomic E-state index is 13.3. The summed E-state index contributed by atoms with van der Waals surface area (Å²) < 4.78 is 64.2. The molecule has 32 heavy (non-hydrogen) atoms. The summed E-state index contributed by atoms with van der Waals surface area (Å²) in [6.45, 7) is 0. The van der Waals surface area contributed by atoms with Crippen molar-refractivity contribution in [2.45, 2.75) is 23.9 Å². The van der Waals surface area contributed by atoms with E-state index in [4.69, 9.17) is 23.2 Å². The third kappa shape index (κ3) is 4.78. The Hall–Kier alpha value is -1.75. The standard InChI is InChI=1S/C20H15Cl2F3N2O3S2/c21-13-4-2-1-3-11(13)7-18(28)26-19-27(16-9-32(29,30)10-17(16)31-19)15-8-12(20(23,24)25)5-6-14(15)22/h1-6,8,16-17H,7,9-10H2/t16-,17-/m1/s1. The van der Waals surface area contributed by atoms with Gasteiger partial charge in [-0.25, -0.2) is 8.42 Å². The van der Waals surface area contributed by atoms with Gasteiger partial charge in [-0.2, -0.15) is 18.2 Å². The van der Waals surface area contributed by atoms with Crippen LogP contribution in [-0.2, 0) is 27.2 Å². The fourth-order valence-electron chi connectivity index (χ4n) is 3.67. The quantitative estimate of drug-likeness (QED) is 0.576. The van der Waals surface area contributed by atoms with E-state index in [9.17, 15) is 26.4 Å². The lowest BCUT2D eigenvalue weighted by atomic mass is 10.1. The normalized spacial score (nSPS) is 23.5.